The van der Waals surface area contributed by atoms with Gasteiger partial charge in [0.1, 0.15) is 12.4 Å². The van der Waals surface area contributed by atoms with E-state index in [-0.39, 0.29) is 5.57 Å². The lowest BCUT2D eigenvalue weighted by Gasteiger charge is -2.11. The fourth-order valence-electron chi connectivity index (χ4n) is 1.56. The number of carbonyl (C=O) groups excluding carboxylic acids is 2. The number of rotatable bonds is 10. The minimum atomic E-state index is -0.696. The maximum Gasteiger partial charge on any atom is 0.345 e. The highest BCUT2D eigenvalue weighted by atomic mass is 16.6. The molecule has 0 bridgehead atoms. The standard InChI is InChI=1S/C16H26O6/c1-6-14(21-11-10-20-5)13(3)16(18)22-15(17)12(2)8-7-9-19-4/h8H,6-7,9-11H2,1-5H3. The van der Waals surface area contributed by atoms with Crippen molar-refractivity contribution in [1.82, 2.24) is 0 Å². The molecule has 0 aliphatic heterocycles. The molecule has 0 rings (SSSR count). The van der Waals surface area contributed by atoms with Gasteiger partial charge in [-0.05, 0) is 20.3 Å². The highest BCUT2D eigenvalue weighted by molar-refractivity contribution is 6.01. The van der Waals surface area contributed by atoms with Crippen molar-refractivity contribution in [2.75, 3.05) is 34.0 Å². The predicted molar refractivity (Wildman–Crippen MR) is 82.2 cm³/mol. The number of hydrogen-bond donors (Lipinski definition) is 0. The Morgan fingerprint density at radius 2 is 1.59 bits per heavy atom. The molecular weight excluding hydrogens is 288 g/mol. The number of carbonyl (C=O) groups is 2. The minimum absolute atomic E-state index is 0.289. The smallest absolute Gasteiger partial charge is 0.345 e. The van der Waals surface area contributed by atoms with Crippen molar-refractivity contribution in [2.24, 2.45) is 0 Å². The third kappa shape index (κ3) is 7.95. The second-order valence-corrected chi connectivity index (χ2v) is 4.59. The summed E-state index contributed by atoms with van der Waals surface area (Å²) in [7, 11) is 3.15. The normalized spacial score (nSPS) is 12.7. The topological polar surface area (TPSA) is 71.1 Å². The molecule has 0 unspecified atom stereocenters. The van der Waals surface area contributed by atoms with Crippen LogP contribution in [0.3, 0.4) is 0 Å². The lowest BCUT2D eigenvalue weighted by Crippen LogP contribution is -2.16. The van der Waals surface area contributed by atoms with Gasteiger partial charge >= 0.3 is 11.9 Å². The Labute approximate surface area is 132 Å². The Morgan fingerprint density at radius 1 is 0.955 bits per heavy atom. The zero-order valence-corrected chi connectivity index (χ0v) is 14.1. The molecule has 0 saturated heterocycles. The number of methoxy groups -OCH3 is 2. The van der Waals surface area contributed by atoms with Crippen molar-refractivity contribution in [1.29, 1.82) is 0 Å². The maximum absolute atomic E-state index is 12.0. The minimum Gasteiger partial charge on any atom is -0.495 e. The molecule has 0 saturated carbocycles. The predicted octanol–water partition coefficient (Wildman–Crippen LogP) is 2.39. The summed E-state index contributed by atoms with van der Waals surface area (Å²) < 4.78 is 20.1. The number of esters is 2. The second-order valence-electron chi connectivity index (χ2n) is 4.59. The van der Waals surface area contributed by atoms with Gasteiger partial charge < -0.3 is 18.9 Å². The molecular formula is C16H26O6. The van der Waals surface area contributed by atoms with E-state index < -0.39 is 11.9 Å². The quantitative estimate of drug-likeness (QED) is 0.203. The van der Waals surface area contributed by atoms with Crippen LogP contribution in [0.15, 0.2) is 23.0 Å². The third-order valence-electron chi connectivity index (χ3n) is 2.89. The zero-order valence-electron chi connectivity index (χ0n) is 14.1. The SMILES string of the molecule is CCC(OCCOC)=C(C)C(=O)OC(=O)C(C)=CCCOC. The molecule has 6 nitrogen and oxygen atoms in total. The molecule has 0 radical (unpaired) electrons. The summed E-state index contributed by atoms with van der Waals surface area (Å²) in [6, 6.07) is 0. The van der Waals surface area contributed by atoms with Gasteiger partial charge in [0, 0.05) is 32.8 Å². The van der Waals surface area contributed by atoms with Crippen LogP contribution in [-0.2, 0) is 28.5 Å². The van der Waals surface area contributed by atoms with E-state index in [0.29, 0.717) is 44.0 Å². The van der Waals surface area contributed by atoms with Crippen LogP contribution in [0.2, 0.25) is 0 Å². The van der Waals surface area contributed by atoms with Crippen LogP contribution in [-0.4, -0.2) is 46.0 Å². The van der Waals surface area contributed by atoms with E-state index in [2.05, 4.69) is 0 Å². The first-order valence-electron chi connectivity index (χ1n) is 7.21. The Kier molecular flexibility index (Phi) is 11.0. The molecule has 22 heavy (non-hydrogen) atoms. The van der Waals surface area contributed by atoms with E-state index in [4.69, 9.17) is 18.9 Å². The first-order chi connectivity index (χ1) is 10.5. The number of ether oxygens (including phenoxy) is 4. The van der Waals surface area contributed by atoms with E-state index >= 15 is 0 Å². The van der Waals surface area contributed by atoms with Gasteiger partial charge in [-0.25, -0.2) is 9.59 Å². The second kappa shape index (κ2) is 11.9. The lowest BCUT2D eigenvalue weighted by atomic mass is 10.2. The molecule has 0 aliphatic carbocycles. The molecule has 0 aromatic heterocycles. The van der Waals surface area contributed by atoms with Gasteiger partial charge in [0.15, 0.2) is 0 Å². The molecule has 0 aromatic rings. The van der Waals surface area contributed by atoms with Crippen LogP contribution in [0, 0.1) is 0 Å². The Bertz CT molecular complexity index is 422. The van der Waals surface area contributed by atoms with Gasteiger partial charge in [-0.2, -0.15) is 0 Å². The molecule has 0 N–H and O–H groups in total. The van der Waals surface area contributed by atoms with Crippen molar-refractivity contribution in [3.63, 3.8) is 0 Å². The summed E-state index contributed by atoms with van der Waals surface area (Å²) >= 11 is 0. The molecule has 0 atom stereocenters. The van der Waals surface area contributed by atoms with E-state index in [0.717, 1.165) is 0 Å². The van der Waals surface area contributed by atoms with Crippen LogP contribution in [0.4, 0.5) is 0 Å². The fraction of sp³-hybridized carbons (Fsp3) is 0.625. The Hall–Kier alpha value is -1.66. The van der Waals surface area contributed by atoms with E-state index in [9.17, 15) is 9.59 Å². The van der Waals surface area contributed by atoms with Crippen molar-refractivity contribution < 1.29 is 28.5 Å². The van der Waals surface area contributed by atoms with E-state index in [1.807, 2.05) is 6.92 Å². The fourth-order valence-corrected chi connectivity index (χ4v) is 1.56. The van der Waals surface area contributed by atoms with E-state index in [1.54, 1.807) is 34.1 Å². The first-order valence-corrected chi connectivity index (χ1v) is 7.21. The number of allylic oxidation sites excluding steroid dienone is 1. The van der Waals surface area contributed by atoms with Crippen LogP contribution in [0.1, 0.15) is 33.6 Å². The van der Waals surface area contributed by atoms with E-state index in [1.165, 1.54) is 0 Å². The summed E-state index contributed by atoms with van der Waals surface area (Å²) in [5.74, 6) is -0.859. The first kappa shape index (κ1) is 20.3. The molecule has 6 heteroatoms. The van der Waals surface area contributed by atoms with Crippen molar-refractivity contribution in [3.05, 3.63) is 23.0 Å². The highest BCUT2D eigenvalue weighted by Gasteiger charge is 2.17. The highest BCUT2D eigenvalue weighted by Crippen LogP contribution is 2.13. The van der Waals surface area contributed by atoms with Crippen molar-refractivity contribution >= 4 is 11.9 Å². The third-order valence-corrected chi connectivity index (χ3v) is 2.89. The van der Waals surface area contributed by atoms with Crippen molar-refractivity contribution in [2.45, 2.75) is 33.6 Å². The molecule has 126 valence electrons. The van der Waals surface area contributed by atoms with Crippen molar-refractivity contribution in [3.8, 4) is 0 Å². The average molecular weight is 314 g/mol. The zero-order chi connectivity index (χ0) is 17.0. The Balaban J connectivity index is 4.66. The lowest BCUT2D eigenvalue weighted by molar-refractivity contribution is -0.154. The van der Waals surface area contributed by atoms with Crippen LogP contribution in [0.5, 0.6) is 0 Å². The number of hydrogen-bond acceptors (Lipinski definition) is 6. The van der Waals surface area contributed by atoms with Crippen LogP contribution >= 0.6 is 0 Å². The van der Waals surface area contributed by atoms with Gasteiger partial charge in [0.05, 0.1) is 12.2 Å². The maximum atomic E-state index is 12.0. The summed E-state index contributed by atoms with van der Waals surface area (Å²) in [5.41, 5.74) is 0.660. The van der Waals surface area contributed by atoms with Gasteiger partial charge in [-0.1, -0.05) is 13.0 Å². The van der Waals surface area contributed by atoms with Gasteiger partial charge in [0.25, 0.3) is 0 Å². The Morgan fingerprint density at radius 3 is 2.14 bits per heavy atom. The molecule has 0 spiro atoms. The largest absolute Gasteiger partial charge is 0.495 e. The molecule has 0 fully saturated rings. The van der Waals surface area contributed by atoms with Crippen LogP contribution < -0.4 is 0 Å². The molecule has 0 heterocycles. The molecule has 0 aromatic carbocycles. The van der Waals surface area contributed by atoms with Crippen LogP contribution in [0.25, 0.3) is 0 Å². The summed E-state index contributed by atoms with van der Waals surface area (Å²) in [6.45, 7) is 6.30. The summed E-state index contributed by atoms with van der Waals surface area (Å²) in [6.07, 6.45) is 2.79. The average Bonchev–Trinajstić information content (AvgIpc) is 2.51. The molecule has 0 aliphatic rings. The summed E-state index contributed by atoms with van der Waals surface area (Å²) in [4.78, 5) is 23.7. The van der Waals surface area contributed by atoms with Gasteiger partial charge in [-0.3, -0.25) is 0 Å². The summed E-state index contributed by atoms with van der Waals surface area (Å²) in [5, 5.41) is 0. The van der Waals surface area contributed by atoms with Gasteiger partial charge in [-0.15, -0.1) is 0 Å². The monoisotopic (exact) mass is 314 g/mol. The van der Waals surface area contributed by atoms with Gasteiger partial charge in [0.2, 0.25) is 0 Å². The molecule has 0 amide bonds.